The number of ether oxygens (including phenoxy) is 1. The molecule has 1 amide bonds. The molecule has 0 bridgehead atoms. The molecule has 1 aromatic heterocycles. The van der Waals surface area contributed by atoms with E-state index < -0.39 is 10.0 Å². The lowest BCUT2D eigenvalue weighted by Gasteiger charge is -2.35. The first-order valence-electron chi connectivity index (χ1n) is 8.38. The lowest BCUT2D eigenvalue weighted by atomic mass is 10.1. The van der Waals surface area contributed by atoms with Crippen molar-refractivity contribution in [2.45, 2.75) is 37.5 Å². The molecule has 1 fully saturated rings. The second-order valence-corrected chi connectivity index (χ2v) is 8.17. The van der Waals surface area contributed by atoms with E-state index in [1.54, 1.807) is 29.3 Å². The summed E-state index contributed by atoms with van der Waals surface area (Å²) in [4.78, 5) is 14.5. The first kappa shape index (κ1) is 18.6. The summed E-state index contributed by atoms with van der Waals surface area (Å²) in [5.41, 5.74) is 0.993. The third kappa shape index (κ3) is 4.29. The number of aromatic amines is 1. The van der Waals surface area contributed by atoms with E-state index in [-0.39, 0.29) is 29.6 Å². The molecule has 0 aliphatic carbocycles. The summed E-state index contributed by atoms with van der Waals surface area (Å²) in [5.74, 6) is -0.197. The van der Waals surface area contributed by atoms with Gasteiger partial charge in [0.25, 0.3) is 5.91 Å². The Labute approximate surface area is 152 Å². The smallest absolute Gasteiger partial charge is 0.254 e. The minimum atomic E-state index is -3.74. The summed E-state index contributed by atoms with van der Waals surface area (Å²) < 4.78 is 33.1. The average Bonchev–Trinajstić information content (AvgIpc) is 3.12. The maximum atomic E-state index is 12.8. The van der Waals surface area contributed by atoms with E-state index in [2.05, 4.69) is 14.9 Å². The van der Waals surface area contributed by atoms with Crippen molar-refractivity contribution in [1.29, 1.82) is 0 Å². The highest BCUT2D eigenvalue weighted by Gasteiger charge is 2.27. The number of sulfonamides is 1. The Kier molecular flexibility index (Phi) is 5.40. The first-order chi connectivity index (χ1) is 12.3. The van der Waals surface area contributed by atoms with Gasteiger partial charge in [0.15, 0.2) is 0 Å². The molecule has 0 spiro atoms. The predicted molar refractivity (Wildman–Crippen MR) is 95.0 cm³/mol. The standard InChI is InChI=1S/C17H22N4O4S/c1-12-10-21(11-13(2)25-12)17(22)14-4-3-5-16(8-14)26(23,24)19-9-15-6-7-18-20-15/h3-8,12-13,19H,9-11H2,1-2H3,(H,18,20). The molecule has 0 saturated carbocycles. The van der Waals surface area contributed by atoms with Gasteiger partial charge in [0, 0.05) is 24.8 Å². The van der Waals surface area contributed by atoms with Crippen molar-refractivity contribution in [1.82, 2.24) is 19.8 Å². The number of benzene rings is 1. The summed E-state index contributed by atoms with van der Waals surface area (Å²) in [6, 6.07) is 7.76. The molecule has 1 saturated heterocycles. The highest BCUT2D eigenvalue weighted by Crippen LogP contribution is 2.17. The molecule has 1 aromatic carbocycles. The van der Waals surface area contributed by atoms with E-state index in [1.807, 2.05) is 13.8 Å². The number of rotatable bonds is 5. The van der Waals surface area contributed by atoms with Crippen LogP contribution in [0.3, 0.4) is 0 Å². The Bertz CT molecular complexity index is 857. The number of carbonyl (C=O) groups excluding carboxylic acids is 1. The zero-order chi connectivity index (χ0) is 18.7. The second-order valence-electron chi connectivity index (χ2n) is 6.40. The van der Waals surface area contributed by atoms with Gasteiger partial charge >= 0.3 is 0 Å². The molecule has 26 heavy (non-hydrogen) atoms. The monoisotopic (exact) mass is 378 g/mol. The Hall–Kier alpha value is -2.23. The van der Waals surface area contributed by atoms with E-state index >= 15 is 0 Å². The summed E-state index contributed by atoms with van der Waals surface area (Å²) >= 11 is 0. The van der Waals surface area contributed by atoms with Crippen molar-refractivity contribution in [3.05, 3.63) is 47.8 Å². The normalized spacial score (nSPS) is 20.9. The Balaban J connectivity index is 1.75. The van der Waals surface area contributed by atoms with Crippen molar-refractivity contribution >= 4 is 15.9 Å². The quantitative estimate of drug-likeness (QED) is 0.812. The van der Waals surface area contributed by atoms with Crippen molar-refractivity contribution < 1.29 is 17.9 Å². The number of hydrogen-bond acceptors (Lipinski definition) is 5. The molecule has 9 heteroatoms. The van der Waals surface area contributed by atoms with Crippen LogP contribution >= 0.6 is 0 Å². The van der Waals surface area contributed by atoms with Gasteiger partial charge in [-0.2, -0.15) is 5.10 Å². The number of nitrogens with zero attached hydrogens (tertiary/aromatic N) is 2. The zero-order valence-corrected chi connectivity index (χ0v) is 15.5. The third-order valence-corrected chi connectivity index (χ3v) is 5.51. The molecular formula is C17H22N4O4S. The van der Waals surface area contributed by atoms with Crippen molar-refractivity contribution in [3.8, 4) is 0 Å². The van der Waals surface area contributed by atoms with Gasteiger partial charge in [0.1, 0.15) is 0 Å². The number of amides is 1. The molecule has 2 N–H and O–H groups in total. The van der Waals surface area contributed by atoms with E-state index in [4.69, 9.17) is 4.74 Å². The van der Waals surface area contributed by atoms with Crippen molar-refractivity contribution in [3.63, 3.8) is 0 Å². The average molecular weight is 378 g/mol. The van der Waals surface area contributed by atoms with E-state index in [0.717, 1.165) is 0 Å². The van der Waals surface area contributed by atoms with Crippen LogP contribution in [0.1, 0.15) is 29.9 Å². The van der Waals surface area contributed by atoms with E-state index in [9.17, 15) is 13.2 Å². The number of nitrogens with one attached hydrogen (secondary N) is 2. The highest BCUT2D eigenvalue weighted by molar-refractivity contribution is 7.89. The number of aromatic nitrogens is 2. The van der Waals surface area contributed by atoms with E-state index in [1.165, 1.54) is 12.1 Å². The zero-order valence-electron chi connectivity index (χ0n) is 14.7. The number of carbonyl (C=O) groups is 1. The number of H-pyrrole nitrogens is 1. The van der Waals surface area contributed by atoms with Crippen LogP contribution in [0, 0.1) is 0 Å². The molecule has 1 aliphatic rings. The van der Waals surface area contributed by atoms with Crippen LogP contribution in [0.15, 0.2) is 41.4 Å². The summed E-state index contributed by atoms with van der Waals surface area (Å²) in [6.45, 7) is 4.89. The molecule has 0 radical (unpaired) electrons. The van der Waals surface area contributed by atoms with Gasteiger partial charge in [-0.05, 0) is 38.1 Å². The fourth-order valence-electron chi connectivity index (χ4n) is 2.96. The van der Waals surface area contributed by atoms with Gasteiger partial charge < -0.3 is 9.64 Å². The molecule has 2 unspecified atom stereocenters. The Morgan fingerprint density at radius 3 is 2.69 bits per heavy atom. The minimum absolute atomic E-state index is 0.0503. The molecule has 8 nitrogen and oxygen atoms in total. The van der Waals surface area contributed by atoms with Crippen molar-refractivity contribution in [2.24, 2.45) is 0 Å². The fraction of sp³-hybridized carbons (Fsp3) is 0.412. The molecule has 140 valence electrons. The lowest BCUT2D eigenvalue weighted by Crippen LogP contribution is -2.48. The third-order valence-electron chi connectivity index (χ3n) is 4.11. The van der Waals surface area contributed by atoms with Gasteiger partial charge in [-0.15, -0.1) is 0 Å². The molecular weight excluding hydrogens is 356 g/mol. The molecule has 3 rings (SSSR count). The summed E-state index contributed by atoms with van der Waals surface area (Å²) in [6.07, 6.45) is 1.45. The van der Waals surface area contributed by atoms with Gasteiger partial charge in [-0.3, -0.25) is 9.89 Å². The molecule has 2 atom stereocenters. The maximum absolute atomic E-state index is 12.8. The molecule has 1 aliphatic heterocycles. The van der Waals surface area contributed by atoms with Crippen LogP contribution in [0.25, 0.3) is 0 Å². The number of morpholine rings is 1. The SMILES string of the molecule is CC1CN(C(=O)c2cccc(S(=O)(=O)NCc3ccn[nH]3)c2)CC(C)O1. The Morgan fingerprint density at radius 2 is 2.04 bits per heavy atom. The van der Waals surface area contributed by atoms with Gasteiger partial charge in [-0.1, -0.05) is 6.07 Å². The van der Waals surface area contributed by atoms with Crippen LogP contribution in [-0.4, -0.2) is 54.7 Å². The topological polar surface area (TPSA) is 104 Å². The Morgan fingerprint density at radius 1 is 1.31 bits per heavy atom. The number of hydrogen-bond donors (Lipinski definition) is 2. The summed E-state index contributed by atoms with van der Waals surface area (Å²) in [7, 11) is -3.74. The van der Waals surface area contributed by atoms with Crippen LogP contribution in [0.5, 0.6) is 0 Å². The summed E-state index contributed by atoms with van der Waals surface area (Å²) in [5, 5.41) is 6.47. The van der Waals surface area contributed by atoms with E-state index in [0.29, 0.717) is 24.3 Å². The van der Waals surface area contributed by atoms with Crippen LogP contribution in [0.4, 0.5) is 0 Å². The first-order valence-corrected chi connectivity index (χ1v) is 9.86. The maximum Gasteiger partial charge on any atom is 0.254 e. The van der Waals surface area contributed by atoms with Crippen molar-refractivity contribution in [2.75, 3.05) is 13.1 Å². The van der Waals surface area contributed by atoms with Crippen LogP contribution < -0.4 is 4.72 Å². The lowest BCUT2D eigenvalue weighted by molar-refractivity contribution is -0.0586. The minimum Gasteiger partial charge on any atom is -0.372 e. The second kappa shape index (κ2) is 7.56. The highest BCUT2D eigenvalue weighted by atomic mass is 32.2. The largest absolute Gasteiger partial charge is 0.372 e. The predicted octanol–water partition coefficient (Wildman–Crippen LogP) is 1.14. The van der Waals surface area contributed by atoms with Gasteiger partial charge in [-0.25, -0.2) is 13.1 Å². The van der Waals surface area contributed by atoms with Crippen LogP contribution in [0.2, 0.25) is 0 Å². The molecule has 2 heterocycles. The van der Waals surface area contributed by atoms with Gasteiger partial charge in [0.05, 0.1) is 29.3 Å². The fourth-order valence-corrected chi connectivity index (χ4v) is 4.01. The molecule has 2 aromatic rings. The van der Waals surface area contributed by atoms with Crippen LogP contribution in [-0.2, 0) is 21.3 Å². The van der Waals surface area contributed by atoms with Gasteiger partial charge in [0.2, 0.25) is 10.0 Å².